The van der Waals surface area contributed by atoms with E-state index in [9.17, 15) is 4.79 Å². The second-order valence-electron chi connectivity index (χ2n) is 3.83. The Bertz CT molecular complexity index is 545. The standard InChI is InChI=1S/C12H12BrN3O/c1-8-3-4-11(14-6-8)15-12(17)10-5-9(13)7-16(10)2/h3-7H,1-2H3,(H,14,15,17). The van der Waals surface area contributed by atoms with E-state index in [1.54, 1.807) is 22.9 Å². The van der Waals surface area contributed by atoms with Gasteiger partial charge in [-0.1, -0.05) is 6.07 Å². The normalized spacial score (nSPS) is 10.3. The van der Waals surface area contributed by atoms with Crippen LogP contribution in [0.15, 0.2) is 35.1 Å². The molecule has 0 radical (unpaired) electrons. The Balaban J connectivity index is 2.17. The lowest BCUT2D eigenvalue weighted by Crippen LogP contribution is -2.16. The van der Waals surface area contributed by atoms with Gasteiger partial charge in [0.2, 0.25) is 0 Å². The number of aryl methyl sites for hydroxylation is 2. The van der Waals surface area contributed by atoms with Crippen molar-refractivity contribution >= 4 is 27.7 Å². The van der Waals surface area contributed by atoms with Crippen LogP contribution in [-0.4, -0.2) is 15.5 Å². The zero-order valence-corrected chi connectivity index (χ0v) is 11.2. The number of rotatable bonds is 2. The van der Waals surface area contributed by atoms with Crippen LogP contribution < -0.4 is 5.32 Å². The molecule has 0 fully saturated rings. The number of hydrogen-bond acceptors (Lipinski definition) is 2. The number of nitrogens with one attached hydrogen (secondary N) is 1. The Morgan fingerprint density at radius 2 is 2.24 bits per heavy atom. The molecule has 0 aliphatic heterocycles. The molecular formula is C12H12BrN3O. The largest absolute Gasteiger partial charge is 0.345 e. The Kier molecular flexibility index (Phi) is 3.28. The highest BCUT2D eigenvalue weighted by molar-refractivity contribution is 9.10. The van der Waals surface area contributed by atoms with Crippen LogP contribution in [0.2, 0.25) is 0 Å². The van der Waals surface area contributed by atoms with Crippen LogP contribution in [0.4, 0.5) is 5.82 Å². The van der Waals surface area contributed by atoms with E-state index in [0.29, 0.717) is 11.5 Å². The number of hydrogen-bond donors (Lipinski definition) is 1. The van der Waals surface area contributed by atoms with Crippen LogP contribution in [0.5, 0.6) is 0 Å². The summed E-state index contributed by atoms with van der Waals surface area (Å²) >= 11 is 3.33. The van der Waals surface area contributed by atoms with Crippen LogP contribution in [0.3, 0.4) is 0 Å². The van der Waals surface area contributed by atoms with Crippen LogP contribution in [0.1, 0.15) is 16.1 Å². The summed E-state index contributed by atoms with van der Waals surface area (Å²) in [7, 11) is 1.82. The molecule has 0 atom stereocenters. The van der Waals surface area contributed by atoms with Crippen molar-refractivity contribution in [2.24, 2.45) is 7.05 Å². The number of nitrogens with zero attached hydrogens (tertiary/aromatic N) is 2. The van der Waals surface area contributed by atoms with Crippen molar-refractivity contribution in [1.29, 1.82) is 0 Å². The summed E-state index contributed by atoms with van der Waals surface area (Å²) in [5.41, 5.74) is 1.64. The highest BCUT2D eigenvalue weighted by atomic mass is 79.9. The molecule has 0 bridgehead atoms. The Morgan fingerprint density at radius 3 is 2.76 bits per heavy atom. The van der Waals surface area contributed by atoms with Gasteiger partial charge < -0.3 is 9.88 Å². The van der Waals surface area contributed by atoms with Crippen LogP contribution in [0, 0.1) is 6.92 Å². The summed E-state index contributed by atoms with van der Waals surface area (Å²) in [6.07, 6.45) is 3.55. The van der Waals surface area contributed by atoms with Crippen LogP contribution in [-0.2, 0) is 7.05 Å². The minimum Gasteiger partial charge on any atom is -0.345 e. The van der Waals surface area contributed by atoms with Crippen molar-refractivity contribution in [3.63, 3.8) is 0 Å². The van der Waals surface area contributed by atoms with Crippen LogP contribution in [0.25, 0.3) is 0 Å². The Hall–Kier alpha value is -1.62. The number of halogens is 1. The average molecular weight is 294 g/mol. The van der Waals surface area contributed by atoms with E-state index in [4.69, 9.17) is 0 Å². The topological polar surface area (TPSA) is 46.9 Å². The molecule has 0 saturated heterocycles. The number of carbonyl (C=O) groups is 1. The van der Waals surface area contributed by atoms with Gasteiger partial charge in [-0.3, -0.25) is 4.79 Å². The van der Waals surface area contributed by atoms with Gasteiger partial charge in [0.15, 0.2) is 0 Å². The first kappa shape index (κ1) is 11.9. The molecule has 1 amide bonds. The van der Waals surface area contributed by atoms with Gasteiger partial charge in [0.1, 0.15) is 11.5 Å². The summed E-state index contributed by atoms with van der Waals surface area (Å²) < 4.78 is 2.63. The summed E-state index contributed by atoms with van der Waals surface area (Å²) in [5.74, 6) is 0.382. The van der Waals surface area contributed by atoms with E-state index in [-0.39, 0.29) is 5.91 Å². The number of anilines is 1. The zero-order chi connectivity index (χ0) is 12.4. The maximum Gasteiger partial charge on any atom is 0.273 e. The van der Waals surface area contributed by atoms with E-state index in [0.717, 1.165) is 10.0 Å². The molecule has 2 rings (SSSR count). The van der Waals surface area contributed by atoms with Gasteiger partial charge in [-0.2, -0.15) is 0 Å². The van der Waals surface area contributed by atoms with E-state index < -0.39 is 0 Å². The first-order chi connectivity index (χ1) is 8.06. The molecule has 0 unspecified atom stereocenters. The quantitative estimate of drug-likeness (QED) is 0.925. The number of amides is 1. The summed E-state index contributed by atoms with van der Waals surface area (Å²) in [6, 6.07) is 5.46. The van der Waals surface area contributed by atoms with Crippen molar-refractivity contribution in [3.8, 4) is 0 Å². The van der Waals surface area contributed by atoms with Gasteiger partial charge in [0.25, 0.3) is 5.91 Å². The Morgan fingerprint density at radius 1 is 1.47 bits per heavy atom. The molecule has 2 heterocycles. The van der Waals surface area contributed by atoms with Gasteiger partial charge in [0, 0.05) is 23.9 Å². The predicted octanol–water partition coefficient (Wildman–Crippen LogP) is 2.74. The summed E-state index contributed by atoms with van der Waals surface area (Å²) in [6.45, 7) is 1.95. The molecule has 88 valence electrons. The third-order valence-corrected chi connectivity index (χ3v) is 2.79. The van der Waals surface area contributed by atoms with Crippen molar-refractivity contribution in [3.05, 3.63) is 46.3 Å². The van der Waals surface area contributed by atoms with Gasteiger partial charge in [-0.15, -0.1) is 0 Å². The zero-order valence-electron chi connectivity index (χ0n) is 9.57. The van der Waals surface area contributed by atoms with Gasteiger partial charge in [-0.05, 0) is 40.5 Å². The second kappa shape index (κ2) is 4.71. The molecule has 2 aromatic rings. The fraction of sp³-hybridized carbons (Fsp3) is 0.167. The lowest BCUT2D eigenvalue weighted by Gasteiger charge is -2.05. The molecule has 0 aromatic carbocycles. The second-order valence-corrected chi connectivity index (χ2v) is 4.75. The minimum absolute atomic E-state index is 0.172. The lowest BCUT2D eigenvalue weighted by molar-refractivity contribution is 0.101. The fourth-order valence-electron chi connectivity index (χ4n) is 1.47. The maximum atomic E-state index is 11.9. The van der Waals surface area contributed by atoms with Crippen LogP contribution >= 0.6 is 15.9 Å². The molecule has 1 N–H and O–H groups in total. The number of carbonyl (C=O) groups excluding carboxylic acids is 1. The van der Waals surface area contributed by atoms with Gasteiger partial charge in [0.05, 0.1) is 0 Å². The monoisotopic (exact) mass is 293 g/mol. The average Bonchev–Trinajstić information content (AvgIpc) is 2.61. The predicted molar refractivity (Wildman–Crippen MR) is 70.0 cm³/mol. The van der Waals surface area contributed by atoms with E-state index in [2.05, 4.69) is 26.2 Å². The van der Waals surface area contributed by atoms with Crippen molar-refractivity contribution in [2.75, 3.05) is 5.32 Å². The third-order valence-electron chi connectivity index (χ3n) is 2.36. The van der Waals surface area contributed by atoms with E-state index in [1.807, 2.05) is 26.2 Å². The van der Waals surface area contributed by atoms with E-state index >= 15 is 0 Å². The first-order valence-electron chi connectivity index (χ1n) is 5.12. The Labute approximate surface area is 108 Å². The highest BCUT2D eigenvalue weighted by Gasteiger charge is 2.11. The first-order valence-corrected chi connectivity index (χ1v) is 5.91. The van der Waals surface area contributed by atoms with Crippen molar-refractivity contribution < 1.29 is 4.79 Å². The molecule has 4 nitrogen and oxygen atoms in total. The molecule has 0 saturated carbocycles. The van der Waals surface area contributed by atoms with E-state index in [1.165, 1.54) is 0 Å². The molecule has 0 aliphatic rings. The smallest absolute Gasteiger partial charge is 0.273 e. The molecule has 0 aliphatic carbocycles. The van der Waals surface area contributed by atoms with Crippen molar-refractivity contribution in [2.45, 2.75) is 6.92 Å². The highest BCUT2D eigenvalue weighted by Crippen LogP contribution is 2.15. The number of aromatic nitrogens is 2. The van der Waals surface area contributed by atoms with Gasteiger partial charge >= 0.3 is 0 Å². The molecular weight excluding hydrogens is 282 g/mol. The van der Waals surface area contributed by atoms with Gasteiger partial charge in [-0.25, -0.2) is 4.98 Å². The molecule has 17 heavy (non-hydrogen) atoms. The SMILES string of the molecule is Cc1ccc(NC(=O)c2cc(Br)cn2C)nc1. The van der Waals surface area contributed by atoms with Crippen molar-refractivity contribution in [1.82, 2.24) is 9.55 Å². The number of pyridine rings is 1. The molecule has 5 heteroatoms. The maximum absolute atomic E-state index is 11.9. The summed E-state index contributed by atoms with van der Waals surface area (Å²) in [4.78, 5) is 16.1. The fourth-order valence-corrected chi connectivity index (χ4v) is 2.00. The third kappa shape index (κ3) is 2.74. The summed E-state index contributed by atoms with van der Waals surface area (Å²) in [5, 5.41) is 2.75. The minimum atomic E-state index is -0.172. The molecule has 2 aromatic heterocycles. The molecule has 0 spiro atoms. The lowest BCUT2D eigenvalue weighted by atomic mass is 10.3.